The third-order valence-electron chi connectivity index (χ3n) is 4.13. The van der Waals surface area contributed by atoms with E-state index in [-0.39, 0.29) is 36.2 Å². The number of aliphatic imine (C=N–C) groups is 1. The molecule has 0 saturated heterocycles. The number of benzene rings is 2. The number of hydrogen-bond acceptors (Lipinski definition) is 4. The Kier molecular flexibility index (Phi) is 11.3. The standard InChI is InChI=1S/C24H34N4O3.HI/c1-6-26-23(27-14-18-8-7-9-20(13-18)30-16-22(25)29)28-15-19-11-10-17(2)12-21(19)31-24(3,4)5;/h7-13H,6,14-16H2,1-5H3,(H2,25,29)(H2,26,27,28);1H. The van der Waals surface area contributed by atoms with Crippen LogP contribution in [0.5, 0.6) is 11.5 Å². The van der Waals surface area contributed by atoms with E-state index in [1.54, 1.807) is 6.07 Å². The molecule has 2 aromatic carbocycles. The number of ether oxygens (including phenoxy) is 2. The first-order valence-corrected chi connectivity index (χ1v) is 10.5. The number of guanidine groups is 1. The number of nitrogens with two attached hydrogens (primary N) is 1. The number of hydrogen-bond donors (Lipinski definition) is 3. The first kappa shape index (κ1) is 27.5. The lowest BCUT2D eigenvalue weighted by Gasteiger charge is -2.24. The van der Waals surface area contributed by atoms with Crippen LogP contribution in [-0.2, 0) is 17.9 Å². The fourth-order valence-corrected chi connectivity index (χ4v) is 2.81. The summed E-state index contributed by atoms with van der Waals surface area (Å²) in [5.41, 5.74) is 8.04. The maximum absolute atomic E-state index is 10.9. The highest BCUT2D eigenvalue weighted by Gasteiger charge is 2.15. The van der Waals surface area contributed by atoms with Gasteiger partial charge in [0.1, 0.15) is 17.1 Å². The molecule has 2 aromatic rings. The zero-order chi connectivity index (χ0) is 22.9. The number of rotatable bonds is 9. The van der Waals surface area contributed by atoms with E-state index in [2.05, 4.69) is 40.7 Å². The van der Waals surface area contributed by atoms with Gasteiger partial charge in [0.05, 0.1) is 6.54 Å². The summed E-state index contributed by atoms with van der Waals surface area (Å²) >= 11 is 0. The van der Waals surface area contributed by atoms with E-state index in [9.17, 15) is 4.79 Å². The molecule has 1 amide bonds. The van der Waals surface area contributed by atoms with Crippen molar-refractivity contribution in [2.75, 3.05) is 13.2 Å². The molecule has 0 aromatic heterocycles. The summed E-state index contributed by atoms with van der Waals surface area (Å²) in [5.74, 6) is 1.66. The van der Waals surface area contributed by atoms with Crippen LogP contribution in [0.15, 0.2) is 47.5 Å². The van der Waals surface area contributed by atoms with E-state index in [1.807, 2.05) is 45.9 Å². The van der Waals surface area contributed by atoms with E-state index in [4.69, 9.17) is 15.2 Å². The summed E-state index contributed by atoms with van der Waals surface area (Å²) in [7, 11) is 0. The van der Waals surface area contributed by atoms with Crippen LogP contribution in [0.25, 0.3) is 0 Å². The quantitative estimate of drug-likeness (QED) is 0.248. The van der Waals surface area contributed by atoms with Crippen molar-refractivity contribution in [3.8, 4) is 11.5 Å². The van der Waals surface area contributed by atoms with Gasteiger partial charge in [-0.25, -0.2) is 4.99 Å². The average Bonchev–Trinajstić information content (AvgIpc) is 2.69. The Bertz CT molecular complexity index is 910. The molecule has 0 fully saturated rings. The Balaban J connectivity index is 0.00000512. The predicted molar refractivity (Wildman–Crippen MR) is 140 cm³/mol. The molecule has 4 N–H and O–H groups in total. The van der Waals surface area contributed by atoms with E-state index >= 15 is 0 Å². The third-order valence-corrected chi connectivity index (χ3v) is 4.13. The molecule has 176 valence electrons. The van der Waals surface area contributed by atoms with Crippen LogP contribution < -0.4 is 25.8 Å². The topological polar surface area (TPSA) is 98.0 Å². The monoisotopic (exact) mass is 554 g/mol. The maximum atomic E-state index is 10.9. The van der Waals surface area contributed by atoms with Crippen molar-refractivity contribution in [3.05, 3.63) is 59.2 Å². The van der Waals surface area contributed by atoms with Crippen LogP contribution in [0.1, 0.15) is 44.4 Å². The lowest BCUT2D eigenvalue weighted by atomic mass is 10.1. The van der Waals surface area contributed by atoms with Gasteiger partial charge in [-0.05, 0) is 63.9 Å². The molecule has 0 heterocycles. The van der Waals surface area contributed by atoms with Gasteiger partial charge in [0.15, 0.2) is 12.6 Å². The lowest BCUT2D eigenvalue weighted by Crippen LogP contribution is -2.37. The Morgan fingerprint density at radius 3 is 2.53 bits per heavy atom. The molecule has 32 heavy (non-hydrogen) atoms. The maximum Gasteiger partial charge on any atom is 0.255 e. The van der Waals surface area contributed by atoms with E-state index in [0.717, 1.165) is 29.0 Å². The van der Waals surface area contributed by atoms with Crippen molar-refractivity contribution >= 4 is 35.8 Å². The number of nitrogens with one attached hydrogen (secondary N) is 2. The molecule has 0 spiro atoms. The van der Waals surface area contributed by atoms with Crippen LogP contribution in [0, 0.1) is 6.92 Å². The van der Waals surface area contributed by atoms with E-state index < -0.39 is 5.91 Å². The van der Waals surface area contributed by atoms with Crippen LogP contribution in [0.4, 0.5) is 0 Å². The molecule has 0 saturated carbocycles. The van der Waals surface area contributed by atoms with Gasteiger partial charge >= 0.3 is 0 Å². The third kappa shape index (κ3) is 10.2. The highest BCUT2D eigenvalue weighted by atomic mass is 127. The molecular weight excluding hydrogens is 519 g/mol. The largest absolute Gasteiger partial charge is 0.488 e. The van der Waals surface area contributed by atoms with E-state index in [0.29, 0.717) is 24.8 Å². The fourth-order valence-electron chi connectivity index (χ4n) is 2.81. The van der Waals surface area contributed by atoms with Crippen molar-refractivity contribution in [3.63, 3.8) is 0 Å². The number of nitrogens with zero attached hydrogens (tertiary/aromatic N) is 1. The minimum Gasteiger partial charge on any atom is -0.488 e. The van der Waals surface area contributed by atoms with E-state index in [1.165, 1.54) is 0 Å². The Hall–Kier alpha value is -2.49. The van der Waals surface area contributed by atoms with Crippen molar-refractivity contribution in [2.45, 2.75) is 53.3 Å². The molecule has 0 atom stereocenters. The molecule has 0 aliphatic carbocycles. The van der Waals surface area contributed by atoms with Gasteiger partial charge in [0.25, 0.3) is 5.91 Å². The summed E-state index contributed by atoms with van der Waals surface area (Å²) in [6.07, 6.45) is 0. The number of primary amides is 1. The van der Waals surface area contributed by atoms with Gasteiger partial charge < -0.3 is 25.8 Å². The average molecular weight is 554 g/mol. The lowest BCUT2D eigenvalue weighted by molar-refractivity contribution is -0.119. The van der Waals surface area contributed by atoms with Crippen LogP contribution in [-0.4, -0.2) is 30.6 Å². The SMILES string of the molecule is CCNC(=NCc1cccc(OCC(N)=O)c1)NCc1ccc(C)cc1OC(C)(C)C.I. The molecule has 0 unspecified atom stereocenters. The van der Waals surface area contributed by atoms with Crippen molar-refractivity contribution < 1.29 is 14.3 Å². The minimum atomic E-state index is -0.507. The molecular formula is C24H35IN4O3. The number of halogens is 1. The molecule has 2 rings (SSSR count). The minimum absolute atomic E-state index is 0. The molecule has 7 nitrogen and oxygen atoms in total. The fraction of sp³-hybridized carbons (Fsp3) is 0.417. The highest BCUT2D eigenvalue weighted by Crippen LogP contribution is 2.24. The second-order valence-electron chi connectivity index (χ2n) is 8.28. The molecule has 8 heteroatoms. The summed E-state index contributed by atoms with van der Waals surface area (Å²) in [5, 5.41) is 6.64. The molecule has 0 bridgehead atoms. The smallest absolute Gasteiger partial charge is 0.255 e. The Morgan fingerprint density at radius 2 is 1.88 bits per heavy atom. The number of carbonyl (C=O) groups excluding carboxylic acids is 1. The first-order chi connectivity index (χ1) is 14.7. The number of aryl methyl sites for hydroxylation is 1. The summed E-state index contributed by atoms with van der Waals surface area (Å²) in [6, 6.07) is 13.7. The van der Waals surface area contributed by atoms with Crippen LogP contribution in [0.2, 0.25) is 0 Å². The van der Waals surface area contributed by atoms with Crippen molar-refractivity contribution in [1.29, 1.82) is 0 Å². The van der Waals surface area contributed by atoms with Gasteiger partial charge in [-0.15, -0.1) is 24.0 Å². The number of amides is 1. The molecule has 0 radical (unpaired) electrons. The molecule has 0 aliphatic heterocycles. The van der Waals surface area contributed by atoms with Crippen LogP contribution in [0.3, 0.4) is 0 Å². The first-order valence-electron chi connectivity index (χ1n) is 10.5. The normalized spacial score (nSPS) is 11.3. The van der Waals surface area contributed by atoms with Gasteiger partial charge in [0, 0.05) is 18.7 Å². The van der Waals surface area contributed by atoms with Crippen molar-refractivity contribution in [1.82, 2.24) is 10.6 Å². The van der Waals surface area contributed by atoms with Gasteiger partial charge in [-0.2, -0.15) is 0 Å². The molecule has 0 aliphatic rings. The van der Waals surface area contributed by atoms with Gasteiger partial charge in [-0.1, -0.05) is 24.3 Å². The summed E-state index contributed by atoms with van der Waals surface area (Å²) in [4.78, 5) is 15.6. The zero-order valence-electron chi connectivity index (χ0n) is 19.5. The second-order valence-corrected chi connectivity index (χ2v) is 8.28. The summed E-state index contributed by atoms with van der Waals surface area (Å²) < 4.78 is 11.5. The zero-order valence-corrected chi connectivity index (χ0v) is 21.9. The van der Waals surface area contributed by atoms with Gasteiger partial charge in [-0.3, -0.25) is 4.79 Å². The number of carbonyl (C=O) groups is 1. The van der Waals surface area contributed by atoms with Crippen molar-refractivity contribution in [2.24, 2.45) is 10.7 Å². The Morgan fingerprint density at radius 1 is 1.12 bits per heavy atom. The Labute approximate surface area is 208 Å². The van der Waals surface area contributed by atoms with Crippen LogP contribution >= 0.6 is 24.0 Å². The predicted octanol–water partition coefficient (Wildman–Crippen LogP) is 3.91. The highest BCUT2D eigenvalue weighted by molar-refractivity contribution is 14.0. The second kappa shape index (κ2) is 13.1. The summed E-state index contributed by atoms with van der Waals surface area (Å²) in [6.45, 7) is 11.8. The van der Waals surface area contributed by atoms with Gasteiger partial charge in [0.2, 0.25) is 0 Å².